The number of para-hydroxylation sites is 2. The van der Waals surface area contributed by atoms with Gasteiger partial charge in [-0.25, -0.2) is 0 Å². The molecule has 0 bridgehead atoms. The van der Waals surface area contributed by atoms with Gasteiger partial charge in [0.1, 0.15) is 0 Å². The lowest BCUT2D eigenvalue weighted by Crippen LogP contribution is -2.22. The molecule has 1 aliphatic rings. The van der Waals surface area contributed by atoms with E-state index in [-0.39, 0.29) is 5.75 Å². The van der Waals surface area contributed by atoms with E-state index >= 15 is 0 Å². The average Bonchev–Trinajstić information content (AvgIpc) is 2.76. The molecule has 3 aromatic carbocycles. The molecule has 4 rings (SSSR count). The Morgan fingerprint density at radius 1 is 0.871 bits per heavy atom. The number of hydrogen-bond acceptors (Lipinski definition) is 5. The highest BCUT2D eigenvalue weighted by Gasteiger charge is 2.27. The molecular formula is C24H23NO3S3. The second kappa shape index (κ2) is 9.53. The van der Waals surface area contributed by atoms with Crippen molar-refractivity contribution in [3.63, 3.8) is 0 Å². The smallest absolute Gasteiger partial charge is 0.264 e. The molecule has 0 saturated heterocycles. The van der Waals surface area contributed by atoms with Crippen molar-refractivity contribution in [3.8, 4) is 0 Å². The van der Waals surface area contributed by atoms with Gasteiger partial charge in [0, 0.05) is 38.9 Å². The molecule has 31 heavy (non-hydrogen) atoms. The van der Waals surface area contributed by atoms with Crippen molar-refractivity contribution < 1.29 is 13.0 Å². The number of benzene rings is 3. The maximum absolute atomic E-state index is 11.0. The zero-order chi connectivity index (χ0) is 21.8. The zero-order valence-electron chi connectivity index (χ0n) is 16.8. The molecule has 7 heteroatoms. The predicted octanol–water partition coefficient (Wildman–Crippen LogP) is 6.00. The van der Waals surface area contributed by atoms with Gasteiger partial charge < -0.3 is 4.90 Å². The van der Waals surface area contributed by atoms with Gasteiger partial charge in [-0.2, -0.15) is 8.42 Å². The van der Waals surface area contributed by atoms with Crippen LogP contribution >= 0.6 is 24.4 Å². The van der Waals surface area contributed by atoms with Crippen LogP contribution in [0.2, 0.25) is 0 Å². The molecule has 1 N–H and O–H groups in total. The first-order valence-electron chi connectivity index (χ1n) is 9.95. The number of fused-ring (bicyclic) bond motifs is 2. The maximum atomic E-state index is 11.0. The van der Waals surface area contributed by atoms with Gasteiger partial charge in [0.15, 0.2) is 0 Å². The molecule has 0 aromatic heterocycles. The molecule has 4 nitrogen and oxygen atoms in total. The van der Waals surface area contributed by atoms with Gasteiger partial charge in [-0.05, 0) is 29.9 Å². The van der Waals surface area contributed by atoms with Crippen molar-refractivity contribution in [2.24, 2.45) is 0 Å². The van der Waals surface area contributed by atoms with Crippen molar-refractivity contribution >= 4 is 51.5 Å². The molecule has 1 heterocycles. The largest absolute Gasteiger partial charge is 0.336 e. The Labute approximate surface area is 193 Å². The summed E-state index contributed by atoms with van der Waals surface area (Å²) >= 11 is 6.31. The summed E-state index contributed by atoms with van der Waals surface area (Å²) in [7, 11) is -3.94. The summed E-state index contributed by atoms with van der Waals surface area (Å²) in [6.07, 6.45) is 0.365. The lowest BCUT2D eigenvalue weighted by atomic mass is 9.91. The Bertz CT molecular complexity index is 1160. The summed E-state index contributed by atoms with van der Waals surface area (Å²) in [4.78, 5) is 2.33. The predicted molar refractivity (Wildman–Crippen MR) is 134 cm³/mol. The lowest BCUT2D eigenvalue weighted by molar-refractivity contribution is 0.482. The Hall–Kier alpha value is -2.19. The summed E-state index contributed by atoms with van der Waals surface area (Å²) in [6.45, 7) is 0.756. The van der Waals surface area contributed by atoms with Crippen LogP contribution in [-0.4, -0.2) is 24.5 Å². The Kier molecular flexibility index (Phi) is 6.77. The second-order valence-corrected chi connectivity index (χ2v) is 10.7. The zero-order valence-corrected chi connectivity index (χ0v) is 19.3. The van der Waals surface area contributed by atoms with Crippen molar-refractivity contribution in [2.45, 2.75) is 13.0 Å². The number of thiol groups is 1. The monoisotopic (exact) mass is 469 g/mol. The van der Waals surface area contributed by atoms with Crippen molar-refractivity contribution in [3.05, 3.63) is 99.8 Å². The van der Waals surface area contributed by atoms with Crippen molar-refractivity contribution in [1.82, 2.24) is 0 Å². The van der Waals surface area contributed by atoms with Gasteiger partial charge in [-0.3, -0.25) is 4.55 Å². The molecule has 0 aliphatic carbocycles. The van der Waals surface area contributed by atoms with Crippen LogP contribution in [0, 0.1) is 0 Å². The molecule has 1 aliphatic heterocycles. The minimum Gasteiger partial charge on any atom is -0.336 e. The van der Waals surface area contributed by atoms with Crippen molar-refractivity contribution in [1.29, 1.82) is 0 Å². The van der Waals surface area contributed by atoms with E-state index in [9.17, 15) is 8.42 Å². The third-order valence-electron chi connectivity index (χ3n) is 5.11. The van der Waals surface area contributed by atoms with E-state index in [0.29, 0.717) is 12.2 Å². The van der Waals surface area contributed by atoms with Gasteiger partial charge in [-0.1, -0.05) is 66.7 Å². The molecule has 0 unspecified atom stereocenters. The van der Waals surface area contributed by atoms with Crippen LogP contribution in [0.4, 0.5) is 11.4 Å². The summed E-state index contributed by atoms with van der Waals surface area (Å²) in [5.74, 6) is 0.314. The molecule has 0 spiro atoms. The Morgan fingerprint density at radius 2 is 1.42 bits per heavy atom. The minimum atomic E-state index is -3.94. The van der Waals surface area contributed by atoms with Gasteiger partial charge >= 0.3 is 0 Å². The van der Waals surface area contributed by atoms with Gasteiger partial charge in [0.2, 0.25) is 0 Å². The van der Waals surface area contributed by atoms with E-state index in [1.807, 2.05) is 30.3 Å². The maximum Gasteiger partial charge on any atom is 0.264 e. The van der Waals surface area contributed by atoms with E-state index in [1.165, 1.54) is 17.3 Å². The highest BCUT2D eigenvalue weighted by molar-refractivity contribution is 8.15. The highest BCUT2D eigenvalue weighted by Crippen LogP contribution is 2.49. The standard InChI is InChI=1S/C24H23NO3S3/c26-31(27,28)16-8-15-30-24(29)23-19-11-4-6-13-21(19)25(17-18-9-2-1-3-10-18)22-14-7-5-12-20(22)23/h1-7,9-14,29H,8,15-17H2,(H,26,27,28). The molecule has 0 radical (unpaired) electrons. The first-order chi connectivity index (χ1) is 14.9. The first kappa shape index (κ1) is 22.0. The van der Waals surface area contributed by atoms with Gasteiger partial charge in [0.05, 0.1) is 5.75 Å². The molecule has 0 fully saturated rings. The molecule has 3 aromatic rings. The number of nitrogens with zero attached hydrogens (tertiary/aromatic N) is 1. The highest BCUT2D eigenvalue weighted by atomic mass is 32.2. The van der Waals surface area contributed by atoms with Crippen LogP contribution in [0.5, 0.6) is 0 Å². The third-order valence-corrected chi connectivity index (χ3v) is 7.50. The van der Waals surface area contributed by atoms with Gasteiger partial charge in [-0.15, -0.1) is 24.4 Å². The lowest BCUT2D eigenvalue weighted by Gasteiger charge is -2.35. The summed E-state index contributed by atoms with van der Waals surface area (Å²) in [6, 6.07) is 27.0. The number of rotatable bonds is 7. The first-order valence-corrected chi connectivity index (χ1v) is 13.0. The normalized spacial score (nSPS) is 13.0. The van der Waals surface area contributed by atoms with Gasteiger partial charge in [0.25, 0.3) is 10.1 Å². The van der Waals surface area contributed by atoms with E-state index in [2.05, 4.69) is 53.4 Å². The van der Waals surface area contributed by atoms with Crippen LogP contribution < -0.4 is 4.90 Å². The number of anilines is 2. The summed E-state index contributed by atoms with van der Waals surface area (Å²) in [5.41, 5.74) is 6.71. The SMILES string of the molecule is O=S(=O)(O)CCCSC(S)=C1c2ccccc2N(Cc2ccccc2)c2ccccc21. The molecule has 0 saturated carbocycles. The molecule has 0 atom stereocenters. The molecule has 160 valence electrons. The third kappa shape index (κ3) is 5.18. The fourth-order valence-corrected chi connectivity index (χ4v) is 5.82. The average molecular weight is 470 g/mol. The summed E-state index contributed by atoms with van der Waals surface area (Å²) < 4.78 is 31.8. The Morgan fingerprint density at radius 3 is 2.00 bits per heavy atom. The summed E-state index contributed by atoms with van der Waals surface area (Å²) in [5, 5.41) is 0. The van der Waals surface area contributed by atoms with Crippen LogP contribution in [0.15, 0.2) is 83.1 Å². The van der Waals surface area contributed by atoms with Crippen LogP contribution in [-0.2, 0) is 16.7 Å². The molecule has 0 amide bonds. The molecular weight excluding hydrogens is 446 g/mol. The van der Waals surface area contributed by atoms with E-state index in [4.69, 9.17) is 17.2 Å². The quantitative estimate of drug-likeness (QED) is 0.253. The fraction of sp³-hybridized carbons (Fsp3) is 0.167. The number of thioether (sulfide) groups is 1. The minimum absolute atomic E-state index is 0.242. The topological polar surface area (TPSA) is 57.6 Å². The Balaban J connectivity index is 1.72. The number of hydrogen-bond donors (Lipinski definition) is 2. The van der Waals surface area contributed by atoms with E-state index in [1.54, 1.807) is 0 Å². The van der Waals surface area contributed by atoms with E-state index < -0.39 is 10.1 Å². The van der Waals surface area contributed by atoms with Crippen LogP contribution in [0.3, 0.4) is 0 Å². The van der Waals surface area contributed by atoms with Crippen LogP contribution in [0.25, 0.3) is 5.57 Å². The fourth-order valence-electron chi connectivity index (χ4n) is 3.76. The van der Waals surface area contributed by atoms with Crippen molar-refractivity contribution in [2.75, 3.05) is 16.4 Å². The second-order valence-electron chi connectivity index (χ2n) is 7.27. The van der Waals surface area contributed by atoms with Crippen LogP contribution in [0.1, 0.15) is 23.1 Å². The van der Waals surface area contributed by atoms with E-state index in [0.717, 1.165) is 38.9 Å².